The fraction of sp³-hybridized carbons (Fsp3) is 0.167. The Hall–Kier alpha value is -1.67. The molecule has 20 heavy (non-hydrogen) atoms. The molecule has 0 aliphatic heterocycles. The lowest BCUT2D eigenvalue weighted by molar-refractivity contribution is 1.29. The van der Waals surface area contributed by atoms with Gasteiger partial charge in [-0.1, -0.05) is 64.0 Å². The summed E-state index contributed by atoms with van der Waals surface area (Å²) in [7, 11) is 0. The maximum atomic E-state index is 4.92. The standard InChI is InChI=1S/C18H16BrN/c1-12-6-8-14(9-7-12)18-16(11-19)10-15-5-3-4-13(2)17(15)20-18/h3-10H,11H2,1-2H3. The number of rotatable bonds is 2. The van der Waals surface area contributed by atoms with Gasteiger partial charge in [0.1, 0.15) is 0 Å². The number of alkyl halides is 1. The van der Waals surface area contributed by atoms with Gasteiger partial charge in [-0.15, -0.1) is 0 Å². The minimum absolute atomic E-state index is 0.813. The summed E-state index contributed by atoms with van der Waals surface area (Å²) in [6.07, 6.45) is 0. The monoisotopic (exact) mass is 325 g/mol. The molecule has 1 heterocycles. The van der Waals surface area contributed by atoms with Crippen molar-refractivity contribution in [3.8, 4) is 11.3 Å². The third-order valence-electron chi connectivity index (χ3n) is 3.60. The summed E-state index contributed by atoms with van der Waals surface area (Å²) in [6.45, 7) is 4.22. The van der Waals surface area contributed by atoms with Crippen LogP contribution in [0.3, 0.4) is 0 Å². The van der Waals surface area contributed by atoms with Crippen molar-refractivity contribution in [1.82, 2.24) is 4.98 Å². The molecule has 0 bridgehead atoms. The summed E-state index contributed by atoms with van der Waals surface area (Å²) in [5, 5.41) is 2.02. The van der Waals surface area contributed by atoms with Gasteiger partial charge in [0, 0.05) is 16.3 Å². The largest absolute Gasteiger partial charge is 0.247 e. The van der Waals surface area contributed by atoms with Crippen LogP contribution in [0.5, 0.6) is 0 Å². The smallest absolute Gasteiger partial charge is 0.0750 e. The molecular weight excluding hydrogens is 310 g/mol. The number of halogens is 1. The number of pyridine rings is 1. The molecule has 0 unspecified atom stereocenters. The Morgan fingerprint density at radius 1 is 1.00 bits per heavy atom. The van der Waals surface area contributed by atoms with E-state index in [1.807, 2.05) is 0 Å². The van der Waals surface area contributed by atoms with Crippen LogP contribution in [0.15, 0.2) is 48.5 Å². The highest BCUT2D eigenvalue weighted by atomic mass is 79.9. The van der Waals surface area contributed by atoms with Crippen LogP contribution in [0, 0.1) is 13.8 Å². The Kier molecular flexibility index (Phi) is 3.58. The highest BCUT2D eigenvalue weighted by molar-refractivity contribution is 9.08. The van der Waals surface area contributed by atoms with Gasteiger partial charge in [-0.25, -0.2) is 4.98 Å². The Bertz CT molecular complexity index is 760. The quantitative estimate of drug-likeness (QED) is 0.574. The van der Waals surface area contributed by atoms with Crippen LogP contribution in [0.25, 0.3) is 22.2 Å². The Balaban J connectivity index is 2.28. The summed E-state index contributed by atoms with van der Waals surface area (Å²) >= 11 is 3.58. The van der Waals surface area contributed by atoms with Crippen LogP contribution < -0.4 is 0 Å². The molecule has 0 fully saturated rings. The van der Waals surface area contributed by atoms with Crippen LogP contribution >= 0.6 is 15.9 Å². The van der Waals surface area contributed by atoms with Crippen LogP contribution in [0.4, 0.5) is 0 Å². The zero-order chi connectivity index (χ0) is 14.1. The molecule has 0 amide bonds. The van der Waals surface area contributed by atoms with Crippen molar-refractivity contribution in [1.29, 1.82) is 0 Å². The fourth-order valence-corrected chi connectivity index (χ4v) is 2.88. The van der Waals surface area contributed by atoms with Crippen LogP contribution in [0.2, 0.25) is 0 Å². The SMILES string of the molecule is Cc1ccc(-c2nc3c(C)cccc3cc2CBr)cc1. The topological polar surface area (TPSA) is 12.9 Å². The predicted molar refractivity (Wildman–Crippen MR) is 89.3 cm³/mol. The maximum absolute atomic E-state index is 4.92. The molecule has 0 saturated heterocycles. The molecule has 0 radical (unpaired) electrons. The van der Waals surface area contributed by atoms with Gasteiger partial charge in [0.15, 0.2) is 0 Å². The Morgan fingerprint density at radius 3 is 2.45 bits per heavy atom. The molecule has 0 aliphatic rings. The number of hydrogen-bond acceptors (Lipinski definition) is 1. The lowest BCUT2D eigenvalue weighted by Gasteiger charge is -2.10. The predicted octanol–water partition coefficient (Wildman–Crippen LogP) is 5.41. The number of nitrogens with zero attached hydrogens (tertiary/aromatic N) is 1. The van der Waals surface area contributed by atoms with Crippen LogP contribution in [-0.2, 0) is 5.33 Å². The first-order chi connectivity index (χ1) is 9.69. The summed E-state index contributed by atoms with van der Waals surface area (Å²) < 4.78 is 0. The zero-order valence-corrected chi connectivity index (χ0v) is 13.2. The molecule has 0 spiro atoms. The van der Waals surface area contributed by atoms with E-state index < -0.39 is 0 Å². The van der Waals surface area contributed by atoms with Crippen molar-refractivity contribution in [2.75, 3.05) is 0 Å². The molecule has 1 nitrogen and oxygen atoms in total. The van der Waals surface area contributed by atoms with E-state index in [1.165, 1.54) is 27.6 Å². The van der Waals surface area contributed by atoms with Gasteiger partial charge in [0.05, 0.1) is 11.2 Å². The summed E-state index contributed by atoms with van der Waals surface area (Å²) in [4.78, 5) is 4.92. The van der Waals surface area contributed by atoms with Crippen LogP contribution in [0.1, 0.15) is 16.7 Å². The first-order valence-corrected chi connectivity index (χ1v) is 7.83. The minimum Gasteiger partial charge on any atom is -0.247 e. The van der Waals surface area contributed by atoms with E-state index in [0.717, 1.165) is 16.5 Å². The zero-order valence-electron chi connectivity index (χ0n) is 11.7. The van der Waals surface area contributed by atoms with Crippen molar-refractivity contribution in [3.63, 3.8) is 0 Å². The second-order valence-electron chi connectivity index (χ2n) is 5.14. The molecule has 0 N–H and O–H groups in total. The van der Waals surface area contributed by atoms with Gasteiger partial charge >= 0.3 is 0 Å². The number of fused-ring (bicyclic) bond motifs is 1. The lowest BCUT2D eigenvalue weighted by atomic mass is 10.0. The molecule has 1 aromatic heterocycles. The number of aromatic nitrogens is 1. The normalized spacial score (nSPS) is 10.9. The molecule has 3 aromatic rings. The molecular formula is C18H16BrN. The number of para-hydroxylation sites is 1. The number of hydrogen-bond donors (Lipinski definition) is 0. The van der Waals surface area contributed by atoms with E-state index >= 15 is 0 Å². The molecule has 0 aliphatic carbocycles. The van der Waals surface area contributed by atoms with Crippen LogP contribution in [-0.4, -0.2) is 4.98 Å². The van der Waals surface area contributed by atoms with E-state index in [0.29, 0.717) is 0 Å². The van der Waals surface area contributed by atoms with Crippen molar-refractivity contribution in [3.05, 3.63) is 65.2 Å². The van der Waals surface area contributed by atoms with Gasteiger partial charge in [0.25, 0.3) is 0 Å². The van der Waals surface area contributed by atoms with E-state index in [2.05, 4.69) is 78.3 Å². The molecule has 3 rings (SSSR count). The van der Waals surface area contributed by atoms with Gasteiger partial charge in [-0.05, 0) is 31.0 Å². The van der Waals surface area contributed by atoms with E-state index in [4.69, 9.17) is 4.98 Å². The van der Waals surface area contributed by atoms with Gasteiger partial charge < -0.3 is 0 Å². The number of aryl methyl sites for hydroxylation is 2. The third-order valence-corrected chi connectivity index (χ3v) is 4.20. The maximum Gasteiger partial charge on any atom is 0.0750 e. The molecule has 100 valence electrons. The molecule has 2 heteroatoms. The average molecular weight is 326 g/mol. The Labute approximate surface area is 127 Å². The van der Waals surface area contributed by atoms with Gasteiger partial charge in [-0.2, -0.15) is 0 Å². The highest BCUT2D eigenvalue weighted by Crippen LogP contribution is 2.28. The van der Waals surface area contributed by atoms with Gasteiger partial charge in [0.2, 0.25) is 0 Å². The summed E-state index contributed by atoms with van der Waals surface area (Å²) in [5.41, 5.74) is 7.06. The Morgan fingerprint density at radius 2 is 1.75 bits per heavy atom. The van der Waals surface area contributed by atoms with Gasteiger partial charge in [-0.3, -0.25) is 0 Å². The first kappa shape index (κ1) is 13.3. The second-order valence-corrected chi connectivity index (χ2v) is 5.70. The fourth-order valence-electron chi connectivity index (χ4n) is 2.45. The lowest BCUT2D eigenvalue weighted by Crippen LogP contribution is -1.94. The molecule has 0 atom stereocenters. The number of benzene rings is 2. The first-order valence-electron chi connectivity index (χ1n) is 6.71. The van der Waals surface area contributed by atoms with E-state index in [-0.39, 0.29) is 0 Å². The minimum atomic E-state index is 0.813. The van der Waals surface area contributed by atoms with Crippen molar-refractivity contribution < 1.29 is 0 Å². The second kappa shape index (κ2) is 5.37. The summed E-state index contributed by atoms with van der Waals surface area (Å²) in [6, 6.07) is 17.1. The average Bonchev–Trinajstić information content (AvgIpc) is 2.47. The summed E-state index contributed by atoms with van der Waals surface area (Å²) in [5.74, 6) is 0. The van der Waals surface area contributed by atoms with E-state index in [9.17, 15) is 0 Å². The molecule has 2 aromatic carbocycles. The van der Waals surface area contributed by atoms with Crippen molar-refractivity contribution in [2.45, 2.75) is 19.2 Å². The van der Waals surface area contributed by atoms with E-state index in [1.54, 1.807) is 0 Å². The highest BCUT2D eigenvalue weighted by Gasteiger charge is 2.09. The molecule has 0 saturated carbocycles. The van der Waals surface area contributed by atoms with Crippen molar-refractivity contribution >= 4 is 26.8 Å². The third kappa shape index (κ3) is 2.36. The van der Waals surface area contributed by atoms with Crippen molar-refractivity contribution in [2.24, 2.45) is 0 Å².